The molecule has 17 heavy (non-hydrogen) atoms. The standard InChI is InChI=1S/C14H23N3/c1-11-3-6-13(7-4-11)9-10-15-14-8-5-12(2)16-17-14/h5,8,11,13H,3-4,6-7,9-10H2,1-2H3,(H,15,17). The molecule has 0 unspecified atom stereocenters. The molecule has 0 amide bonds. The second kappa shape index (κ2) is 5.99. The number of aromatic nitrogens is 2. The molecule has 0 radical (unpaired) electrons. The first-order chi connectivity index (χ1) is 8.24. The first kappa shape index (κ1) is 12.3. The van der Waals surface area contributed by atoms with Crippen LogP contribution in [0.4, 0.5) is 5.82 Å². The molecule has 0 spiro atoms. The van der Waals surface area contributed by atoms with E-state index in [1.54, 1.807) is 0 Å². The van der Waals surface area contributed by atoms with Crippen LogP contribution in [0, 0.1) is 18.8 Å². The minimum Gasteiger partial charge on any atom is -0.369 e. The first-order valence-electron chi connectivity index (χ1n) is 6.78. The summed E-state index contributed by atoms with van der Waals surface area (Å²) in [6.45, 7) is 5.35. The second-order valence-electron chi connectivity index (χ2n) is 5.40. The van der Waals surface area contributed by atoms with Gasteiger partial charge in [0.1, 0.15) is 5.82 Å². The molecule has 94 valence electrons. The van der Waals surface area contributed by atoms with Gasteiger partial charge in [-0.05, 0) is 37.3 Å². The molecule has 1 aliphatic carbocycles. The highest BCUT2D eigenvalue weighted by molar-refractivity contribution is 5.32. The smallest absolute Gasteiger partial charge is 0.148 e. The van der Waals surface area contributed by atoms with Crippen LogP contribution in [0.25, 0.3) is 0 Å². The Kier molecular flexibility index (Phi) is 4.35. The fourth-order valence-electron chi connectivity index (χ4n) is 2.52. The van der Waals surface area contributed by atoms with Crippen molar-refractivity contribution >= 4 is 5.82 Å². The highest BCUT2D eigenvalue weighted by Gasteiger charge is 2.17. The van der Waals surface area contributed by atoms with Crippen LogP contribution in [0.5, 0.6) is 0 Å². The molecule has 0 atom stereocenters. The van der Waals surface area contributed by atoms with E-state index in [1.807, 2.05) is 19.1 Å². The summed E-state index contributed by atoms with van der Waals surface area (Å²) in [6.07, 6.45) is 6.90. The molecule has 3 nitrogen and oxygen atoms in total. The minimum absolute atomic E-state index is 0.903. The van der Waals surface area contributed by atoms with Gasteiger partial charge < -0.3 is 5.32 Å². The molecule has 0 aromatic carbocycles. The summed E-state index contributed by atoms with van der Waals surface area (Å²) in [7, 11) is 0. The van der Waals surface area contributed by atoms with Crippen LogP contribution in [-0.4, -0.2) is 16.7 Å². The zero-order valence-electron chi connectivity index (χ0n) is 10.9. The highest BCUT2D eigenvalue weighted by atomic mass is 15.2. The van der Waals surface area contributed by atoms with Gasteiger partial charge in [-0.3, -0.25) is 0 Å². The summed E-state index contributed by atoms with van der Waals surface area (Å²) < 4.78 is 0. The summed E-state index contributed by atoms with van der Waals surface area (Å²) in [6, 6.07) is 4.00. The zero-order valence-corrected chi connectivity index (χ0v) is 10.9. The molecule has 0 aliphatic heterocycles. The van der Waals surface area contributed by atoms with E-state index in [2.05, 4.69) is 22.4 Å². The Balaban J connectivity index is 1.67. The molecule has 1 heterocycles. The normalized spacial score (nSPS) is 24.6. The van der Waals surface area contributed by atoms with E-state index < -0.39 is 0 Å². The van der Waals surface area contributed by atoms with Crippen molar-refractivity contribution in [2.24, 2.45) is 11.8 Å². The van der Waals surface area contributed by atoms with Crippen molar-refractivity contribution in [3.8, 4) is 0 Å². The van der Waals surface area contributed by atoms with Crippen molar-refractivity contribution < 1.29 is 0 Å². The van der Waals surface area contributed by atoms with Crippen LogP contribution in [0.1, 0.15) is 44.7 Å². The molecule has 3 heteroatoms. The van der Waals surface area contributed by atoms with Gasteiger partial charge in [0.05, 0.1) is 5.69 Å². The lowest BCUT2D eigenvalue weighted by molar-refractivity contribution is 0.282. The molecule has 0 bridgehead atoms. The lowest BCUT2D eigenvalue weighted by Gasteiger charge is -2.26. The molecule has 1 saturated carbocycles. The Morgan fingerprint density at radius 3 is 2.59 bits per heavy atom. The molecule has 1 aliphatic rings. The Bertz CT molecular complexity index is 326. The molecular formula is C14H23N3. The lowest BCUT2D eigenvalue weighted by atomic mass is 9.81. The number of rotatable bonds is 4. The number of nitrogens with one attached hydrogen (secondary N) is 1. The van der Waals surface area contributed by atoms with E-state index in [1.165, 1.54) is 32.1 Å². The van der Waals surface area contributed by atoms with Crippen molar-refractivity contribution in [2.45, 2.75) is 46.0 Å². The van der Waals surface area contributed by atoms with Crippen molar-refractivity contribution in [2.75, 3.05) is 11.9 Å². The van der Waals surface area contributed by atoms with Gasteiger partial charge in [0, 0.05) is 6.54 Å². The summed E-state index contributed by atoms with van der Waals surface area (Å²) >= 11 is 0. The van der Waals surface area contributed by atoms with Gasteiger partial charge in [0.15, 0.2) is 0 Å². The van der Waals surface area contributed by atoms with E-state index >= 15 is 0 Å². The predicted molar refractivity (Wildman–Crippen MR) is 71.0 cm³/mol. The maximum atomic E-state index is 4.11. The molecule has 0 saturated heterocycles. The van der Waals surface area contributed by atoms with E-state index in [9.17, 15) is 0 Å². The average Bonchev–Trinajstić information content (AvgIpc) is 2.34. The van der Waals surface area contributed by atoms with Crippen molar-refractivity contribution in [1.82, 2.24) is 10.2 Å². The second-order valence-corrected chi connectivity index (χ2v) is 5.40. The maximum absolute atomic E-state index is 4.11. The molecular weight excluding hydrogens is 210 g/mol. The molecule has 1 N–H and O–H groups in total. The van der Waals surface area contributed by atoms with Crippen molar-refractivity contribution in [3.63, 3.8) is 0 Å². The number of anilines is 1. The fourth-order valence-corrected chi connectivity index (χ4v) is 2.52. The van der Waals surface area contributed by atoms with Gasteiger partial charge in [-0.2, -0.15) is 5.10 Å². The lowest BCUT2D eigenvalue weighted by Crippen LogP contribution is -2.16. The largest absolute Gasteiger partial charge is 0.369 e. The topological polar surface area (TPSA) is 37.8 Å². The van der Waals surface area contributed by atoms with Crippen molar-refractivity contribution in [1.29, 1.82) is 0 Å². The predicted octanol–water partition coefficient (Wildman–Crippen LogP) is 3.41. The van der Waals surface area contributed by atoms with Crippen molar-refractivity contribution in [3.05, 3.63) is 17.8 Å². The third-order valence-electron chi connectivity index (χ3n) is 3.79. The van der Waals surface area contributed by atoms with Gasteiger partial charge in [0.2, 0.25) is 0 Å². The van der Waals surface area contributed by atoms with Crippen LogP contribution in [0.3, 0.4) is 0 Å². The number of nitrogens with zero attached hydrogens (tertiary/aromatic N) is 2. The van der Waals surface area contributed by atoms with E-state index in [0.29, 0.717) is 0 Å². The third-order valence-corrected chi connectivity index (χ3v) is 3.79. The van der Waals surface area contributed by atoms with E-state index in [0.717, 1.165) is 29.9 Å². The van der Waals surface area contributed by atoms with Gasteiger partial charge in [0.25, 0.3) is 0 Å². The minimum atomic E-state index is 0.903. The Morgan fingerprint density at radius 1 is 1.18 bits per heavy atom. The monoisotopic (exact) mass is 233 g/mol. The number of hydrogen-bond donors (Lipinski definition) is 1. The SMILES string of the molecule is Cc1ccc(NCCC2CCC(C)CC2)nn1. The van der Waals surface area contributed by atoms with Crippen LogP contribution >= 0.6 is 0 Å². The average molecular weight is 233 g/mol. The summed E-state index contributed by atoms with van der Waals surface area (Å²) in [5, 5.41) is 11.5. The van der Waals surface area contributed by atoms with Gasteiger partial charge >= 0.3 is 0 Å². The fraction of sp³-hybridized carbons (Fsp3) is 0.714. The van der Waals surface area contributed by atoms with Gasteiger partial charge in [-0.1, -0.05) is 32.6 Å². The Hall–Kier alpha value is -1.12. The van der Waals surface area contributed by atoms with Crippen LogP contribution < -0.4 is 5.32 Å². The number of hydrogen-bond acceptors (Lipinski definition) is 3. The summed E-state index contributed by atoms with van der Waals surface area (Å²) in [5.41, 5.74) is 0.969. The summed E-state index contributed by atoms with van der Waals surface area (Å²) in [5.74, 6) is 2.76. The Labute approximate surface area is 104 Å². The number of aryl methyl sites for hydroxylation is 1. The Morgan fingerprint density at radius 2 is 1.94 bits per heavy atom. The third kappa shape index (κ3) is 3.99. The first-order valence-corrected chi connectivity index (χ1v) is 6.78. The van der Waals surface area contributed by atoms with Crippen LogP contribution in [0.2, 0.25) is 0 Å². The van der Waals surface area contributed by atoms with E-state index in [4.69, 9.17) is 0 Å². The van der Waals surface area contributed by atoms with E-state index in [-0.39, 0.29) is 0 Å². The molecule has 1 fully saturated rings. The van der Waals surface area contributed by atoms with Crippen LogP contribution in [-0.2, 0) is 0 Å². The van der Waals surface area contributed by atoms with Crippen LogP contribution in [0.15, 0.2) is 12.1 Å². The molecule has 2 rings (SSSR count). The van der Waals surface area contributed by atoms with Gasteiger partial charge in [-0.15, -0.1) is 5.10 Å². The summed E-state index contributed by atoms with van der Waals surface area (Å²) in [4.78, 5) is 0. The van der Waals surface area contributed by atoms with Gasteiger partial charge in [-0.25, -0.2) is 0 Å². The molecule has 1 aromatic rings. The maximum Gasteiger partial charge on any atom is 0.148 e. The quantitative estimate of drug-likeness (QED) is 0.866. The zero-order chi connectivity index (χ0) is 12.1. The molecule has 1 aromatic heterocycles. The highest BCUT2D eigenvalue weighted by Crippen LogP contribution is 2.30.